The summed E-state index contributed by atoms with van der Waals surface area (Å²) < 4.78 is 7.50. The summed E-state index contributed by atoms with van der Waals surface area (Å²) in [6.07, 6.45) is 0.821. The van der Waals surface area contributed by atoms with E-state index >= 15 is 0 Å². The number of aromatic nitrogens is 3. The zero-order valence-corrected chi connectivity index (χ0v) is 12.7. The van der Waals surface area contributed by atoms with Gasteiger partial charge in [0.05, 0.1) is 12.3 Å². The van der Waals surface area contributed by atoms with Gasteiger partial charge in [0.1, 0.15) is 11.8 Å². The Morgan fingerprint density at radius 3 is 2.62 bits per heavy atom. The molecule has 0 aliphatic heterocycles. The molecule has 1 aromatic carbocycles. The first-order valence-electron chi connectivity index (χ1n) is 7.14. The predicted molar refractivity (Wildman–Crippen MR) is 80.1 cm³/mol. The monoisotopic (exact) mass is 284 g/mol. The number of rotatable bonds is 6. The molecule has 1 heterocycles. The van der Waals surface area contributed by atoms with Gasteiger partial charge in [0.15, 0.2) is 5.69 Å². The van der Waals surface area contributed by atoms with Crippen molar-refractivity contribution in [2.45, 2.75) is 39.7 Å². The van der Waals surface area contributed by atoms with Crippen molar-refractivity contribution in [3.63, 3.8) is 0 Å². The quantitative estimate of drug-likeness (QED) is 0.765. The van der Waals surface area contributed by atoms with E-state index in [0.717, 1.165) is 17.9 Å². The van der Waals surface area contributed by atoms with Gasteiger partial charge >= 0.3 is 0 Å². The second-order valence-corrected chi connectivity index (χ2v) is 5.33. The van der Waals surface area contributed by atoms with Gasteiger partial charge < -0.3 is 4.74 Å². The van der Waals surface area contributed by atoms with E-state index in [1.54, 1.807) is 0 Å². The molecule has 1 aromatic heterocycles. The summed E-state index contributed by atoms with van der Waals surface area (Å²) in [4.78, 5) is 0. The Balaban J connectivity index is 1.88. The van der Waals surface area contributed by atoms with Crippen LogP contribution >= 0.6 is 0 Å². The molecule has 0 radical (unpaired) electrons. The van der Waals surface area contributed by atoms with E-state index in [-0.39, 0.29) is 5.92 Å². The van der Waals surface area contributed by atoms with E-state index in [2.05, 4.69) is 23.3 Å². The molecule has 2 rings (SSSR count). The van der Waals surface area contributed by atoms with E-state index in [9.17, 15) is 0 Å². The van der Waals surface area contributed by atoms with Crippen LogP contribution in [0.3, 0.4) is 0 Å². The lowest BCUT2D eigenvalue weighted by molar-refractivity contribution is 0.296. The van der Waals surface area contributed by atoms with Gasteiger partial charge in [-0.2, -0.15) is 5.26 Å². The van der Waals surface area contributed by atoms with E-state index in [0.29, 0.717) is 18.8 Å². The fourth-order valence-corrected chi connectivity index (χ4v) is 2.18. The summed E-state index contributed by atoms with van der Waals surface area (Å²) in [5.41, 5.74) is 2.54. The lowest BCUT2D eigenvalue weighted by Gasteiger charge is -2.10. The number of hydrogen-bond donors (Lipinski definition) is 0. The molecule has 0 saturated carbocycles. The second-order valence-electron chi connectivity index (χ2n) is 5.33. The number of hydrogen-bond acceptors (Lipinski definition) is 4. The number of benzene rings is 1. The van der Waals surface area contributed by atoms with Crippen LogP contribution in [0, 0.1) is 18.3 Å². The van der Waals surface area contributed by atoms with Crippen LogP contribution in [0.25, 0.3) is 0 Å². The van der Waals surface area contributed by atoms with Crippen molar-refractivity contribution in [2.75, 3.05) is 6.61 Å². The minimum Gasteiger partial charge on any atom is -0.494 e. The second kappa shape index (κ2) is 6.89. The molecule has 21 heavy (non-hydrogen) atoms. The Morgan fingerprint density at radius 2 is 2.00 bits per heavy atom. The van der Waals surface area contributed by atoms with Gasteiger partial charge in [0.2, 0.25) is 0 Å². The fourth-order valence-electron chi connectivity index (χ4n) is 2.18. The van der Waals surface area contributed by atoms with Crippen molar-refractivity contribution < 1.29 is 4.74 Å². The molecule has 0 bridgehead atoms. The predicted octanol–water partition coefficient (Wildman–Crippen LogP) is 3.05. The van der Waals surface area contributed by atoms with Crippen molar-refractivity contribution in [1.29, 1.82) is 5.26 Å². The molecular weight excluding hydrogens is 264 g/mol. The number of nitriles is 1. The van der Waals surface area contributed by atoms with Crippen molar-refractivity contribution in [3.05, 3.63) is 41.2 Å². The molecule has 5 heteroatoms. The summed E-state index contributed by atoms with van der Waals surface area (Å²) in [5, 5.41) is 17.0. The van der Waals surface area contributed by atoms with Gasteiger partial charge in [-0.25, -0.2) is 4.68 Å². The molecule has 2 aromatic rings. The van der Waals surface area contributed by atoms with E-state index in [4.69, 9.17) is 10.00 Å². The summed E-state index contributed by atoms with van der Waals surface area (Å²) in [6, 6.07) is 10.1. The molecule has 0 N–H and O–H groups in total. The third-order valence-corrected chi connectivity index (χ3v) is 3.23. The van der Waals surface area contributed by atoms with Gasteiger partial charge in [0, 0.05) is 13.0 Å². The van der Waals surface area contributed by atoms with Crippen molar-refractivity contribution in [2.24, 2.45) is 0 Å². The topological polar surface area (TPSA) is 63.7 Å². The van der Waals surface area contributed by atoms with Gasteiger partial charge in [-0.05, 0) is 25.0 Å². The Hall–Kier alpha value is -2.35. The van der Waals surface area contributed by atoms with Crippen LogP contribution in [-0.4, -0.2) is 21.6 Å². The maximum absolute atomic E-state index is 9.03. The highest BCUT2D eigenvalue weighted by Crippen LogP contribution is 2.17. The third-order valence-electron chi connectivity index (χ3n) is 3.23. The van der Waals surface area contributed by atoms with Crippen LogP contribution in [0.1, 0.15) is 43.1 Å². The average molecular weight is 284 g/mol. The molecule has 0 unspecified atom stereocenters. The zero-order chi connectivity index (χ0) is 15.2. The first-order chi connectivity index (χ1) is 10.1. The van der Waals surface area contributed by atoms with Gasteiger partial charge in [-0.3, -0.25) is 0 Å². The smallest absolute Gasteiger partial charge is 0.186 e. The molecule has 5 nitrogen and oxygen atoms in total. The maximum atomic E-state index is 9.03. The van der Waals surface area contributed by atoms with Gasteiger partial charge in [-0.1, -0.05) is 36.8 Å². The highest BCUT2D eigenvalue weighted by Gasteiger charge is 2.15. The third kappa shape index (κ3) is 3.82. The Morgan fingerprint density at radius 1 is 1.29 bits per heavy atom. The highest BCUT2D eigenvalue weighted by molar-refractivity contribution is 5.27. The van der Waals surface area contributed by atoms with Crippen LogP contribution in [0.4, 0.5) is 0 Å². The molecule has 0 aliphatic rings. The number of aryl methyl sites for hydroxylation is 2. The summed E-state index contributed by atoms with van der Waals surface area (Å²) in [7, 11) is 0. The molecule has 0 atom stereocenters. The zero-order valence-electron chi connectivity index (χ0n) is 12.7. The molecule has 0 saturated heterocycles. The van der Waals surface area contributed by atoms with Crippen molar-refractivity contribution in [3.8, 4) is 11.8 Å². The largest absolute Gasteiger partial charge is 0.494 e. The molecule has 0 aliphatic carbocycles. The first-order valence-corrected chi connectivity index (χ1v) is 7.14. The normalized spacial score (nSPS) is 10.6. The number of nitrogens with zero attached hydrogens (tertiary/aromatic N) is 4. The molecule has 0 spiro atoms. The Bertz CT molecular complexity index is 623. The Kier molecular flexibility index (Phi) is 4.94. The van der Waals surface area contributed by atoms with E-state index in [1.807, 2.05) is 42.8 Å². The maximum Gasteiger partial charge on any atom is 0.186 e. The molecule has 0 fully saturated rings. The Labute approximate surface area is 125 Å². The van der Waals surface area contributed by atoms with Crippen molar-refractivity contribution >= 4 is 0 Å². The number of ether oxygens (including phenoxy) is 1. The first kappa shape index (κ1) is 15.0. The fraction of sp³-hybridized carbons (Fsp3) is 0.438. The minimum atomic E-state index is 0.229. The lowest BCUT2D eigenvalue weighted by atomic mass is 10.1. The standard InChI is InChI=1S/C16H20N4O/c1-12(2)16-15(11-17)18-19-20(16)9-4-10-21-14-7-5-13(3)6-8-14/h5-8,12H,4,9-10H2,1-3H3. The van der Waals surface area contributed by atoms with Crippen LogP contribution in [0.5, 0.6) is 5.75 Å². The van der Waals surface area contributed by atoms with Crippen LogP contribution in [0.15, 0.2) is 24.3 Å². The minimum absolute atomic E-state index is 0.229. The van der Waals surface area contributed by atoms with Crippen LogP contribution in [0.2, 0.25) is 0 Å². The summed E-state index contributed by atoms with van der Waals surface area (Å²) in [5.74, 6) is 1.11. The molecule has 0 amide bonds. The SMILES string of the molecule is Cc1ccc(OCCCn2nnc(C#N)c2C(C)C)cc1. The van der Waals surface area contributed by atoms with Crippen molar-refractivity contribution in [1.82, 2.24) is 15.0 Å². The van der Waals surface area contributed by atoms with E-state index in [1.165, 1.54) is 5.56 Å². The van der Waals surface area contributed by atoms with Gasteiger partial charge in [0.25, 0.3) is 0 Å². The highest BCUT2D eigenvalue weighted by atomic mass is 16.5. The lowest BCUT2D eigenvalue weighted by Crippen LogP contribution is -2.10. The molecular formula is C16H20N4O. The molecule has 110 valence electrons. The van der Waals surface area contributed by atoms with Gasteiger partial charge in [-0.15, -0.1) is 5.10 Å². The van der Waals surface area contributed by atoms with E-state index < -0.39 is 0 Å². The summed E-state index contributed by atoms with van der Waals surface area (Å²) >= 11 is 0. The summed E-state index contributed by atoms with van der Waals surface area (Å²) in [6.45, 7) is 7.45. The van der Waals surface area contributed by atoms with Crippen LogP contribution in [-0.2, 0) is 6.54 Å². The van der Waals surface area contributed by atoms with Crippen LogP contribution < -0.4 is 4.74 Å². The average Bonchev–Trinajstić information content (AvgIpc) is 2.88.